The first-order chi connectivity index (χ1) is 14.3. The number of rotatable bonds is 3. The van der Waals surface area contributed by atoms with E-state index >= 15 is 0 Å². The number of nitrogens with zero attached hydrogens (tertiary/aromatic N) is 3. The molecule has 0 radical (unpaired) electrons. The van der Waals surface area contributed by atoms with Crippen molar-refractivity contribution >= 4 is 17.5 Å². The SMILES string of the molecule is CC1=C(C(=O)Nc2cccc(C(F)(F)F)c2)C(c2ccccc2F)n2ncnc2N1. The molecule has 30 heavy (non-hydrogen) atoms. The maximum Gasteiger partial charge on any atom is 0.416 e. The van der Waals surface area contributed by atoms with Crippen molar-refractivity contribution < 1.29 is 22.4 Å². The lowest BCUT2D eigenvalue weighted by Gasteiger charge is -2.29. The molecule has 0 spiro atoms. The summed E-state index contributed by atoms with van der Waals surface area (Å²) < 4.78 is 54.9. The highest BCUT2D eigenvalue weighted by Crippen LogP contribution is 2.36. The average molecular weight is 417 g/mol. The van der Waals surface area contributed by atoms with Crippen LogP contribution in [0.3, 0.4) is 0 Å². The fraction of sp³-hybridized carbons (Fsp3) is 0.150. The summed E-state index contributed by atoms with van der Waals surface area (Å²) >= 11 is 0. The molecule has 0 saturated carbocycles. The largest absolute Gasteiger partial charge is 0.416 e. The first-order valence-corrected chi connectivity index (χ1v) is 8.86. The number of benzene rings is 2. The molecular formula is C20H15F4N5O. The Balaban J connectivity index is 1.74. The third-order valence-electron chi connectivity index (χ3n) is 4.69. The molecule has 2 heterocycles. The van der Waals surface area contributed by atoms with Crippen molar-refractivity contribution in [1.82, 2.24) is 14.8 Å². The van der Waals surface area contributed by atoms with Gasteiger partial charge in [0.25, 0.3) is 5.91 Å². The van der Waals surface area contributed by atoms with E-state index in [4.69, 9.17) is 0 Å². The van der Waals surface area contributed by atoms with Crippen LogP contribution in [-0.2, 0) is 11.0 Å². The summed E-state index contributed by atoms with van der Waals surface area (Å²) in [6.45, 7) is 1.60. The summed E-state index contributed by atoms with van der Waals surface area (Å²) in [5, 5.41) is 9.48. The maximum atomic E-state index is 14.6. The van der Waals surface area contributed by atoms with E-state index < -0.39 is 29.5 Å². The minimum absolute atomic E-state index is 0.0354. The smallest absolute Gasteiger partial charge is 0.328 e. The minimum atomic E-state index is -4.55. The molecule has 0 saturated heterocycles. The van der Waals surface area contributed by atoms with E-state index in [-0.39, 0.29) is 16.8 Å². The number of carbonyl (C=O) groups excluding carboxylic acids is 1. The van der Waals surface area contributed by atoms with E-state index in [9.17, 15) is 22.4 Å². The third kappa shape index (κ3) is 3.51. The second-order valence-electron chi connectivity index (χ2n) is 6.65. The maximum absolute atomic E-state index is 14.6. The molecule has 0 bridgehead atoms. The van der Waals surface area contributed by atoms with Crippen molar-refractivity contribution in [2.75, 3.05) is 10.6 Å². The van der Waals surface area contributed by atoms with Crippen molar-refractivity contribution in [1.29, 1.82) is 0 Å². The number of aromatic nitrogens is 3. The van der Waals surface area contributed by atoms with Crippen LogP contribution in [0.5, 0.6) is 0 Å². The summed E-state index contributed by atoms with van der Waals surface area (Å²) in [7, 11) is 0. The zero-order chi connectivity index (χ0) is 21.5. The van der Waals surface area contributed by atoms with Crippen molar-refractivity contribution in [3.8, 4) is 0 Å². The molecule has 4 rings (SSSR count). The number of halogens is 4. The van der Waals surface area contributed by atoms with Gasteiger partial charge < -0.3 is 10.6 Å². The van der Waals surface area contributed by atoms with Crippen molar-refractivity contribution in [3.63, 3.8) is 0 Å². The van der Waals surface area contributed by atoms with E-state index in [0.29, 0.717) is 11.6 Å². The summed E-state index contributed by atoms with van der Waals surface area (Å²) in [6, 6.07) is 9.25. The lowest BCUT2D eigenvalue weighted by molar-refractivity contribution is -0.137. The molecule has 1 atom stereocenters. The molecule has 0 fully saturated rings. The van der Waals surface area contributed by atoms with Gasteiger partial charge in [-0.3, -0.25) is 4.79 Å². The van der Waals surface area contributed by atoms with E-state index in [0.717, 1.165) is 12.1 Å². The Labute approximate surface area is 168 Å². The lowest BCUT2D eigenvalue weighted by atomic mass is 9.94. The van der Waals surface area contributed by atoms with Crippen molar-refractivity contribution in [2.45, 2.75) is 19.1 Å². The molecule has 1 aliphatic heterocycles. The molecule has 1 aliphatic rings. The number of fused-ring (bicyclic) bond motifs is 1. The molecule has 154 valence electrons. The Bertz CT molecular complexity index is 1150. The predicted octanol–water partition coefficient (Wildman–Crippen LogP) is 4.36. The second kappa shape index (κ2) is 7.29. The van der Waals surface area contributed by atoms with Crippen LogP contribution < -0.4 is 10.6 Å². The van der Waals surface area contributed by atoms with Gasteiger partial charge in [0.05, 0.1) is 11.1 Å². The number of amides is 1. The minimum Gasteiger partial charge on any atom is -0.328 e. The molecule has 6 nitrogen and oxygen atoms in total. The molecule has 3 aromatic rings. The average Bonchev–Trinajstić information content (AvgIpc) is 3.15. The fourth-order valence-electron chi connectivity index (χ4n) is 3.34. The summed E-state index contributed by atoms with van der Waals surface area (Å²) in [5.74, 6) is -0.923. The van der Waals surface area contributed by atoms with Gasteiger partial charge >= 0.3 is 6.18 Å². The van der Waals surface area contributed by atoms with Crippen LogP contribution in [0.25, 0.3) is 0 Å². The van der Waals surface area contributed by atoms with Gasteiger partial charge in [0.2, 0.25) is 5.95 Å². The van der Waals surface area contributed by atoms with Crippen LogP contribution in [-0.4, -0.2) is 20.7 Å². The normalized spacial score (nSPS) is 16.1. The van der Waals surface area contributed by atoms with Crippen LogP contribution >= 0.6 is 0 Å². The molecule has 1 aromatic heterocycles. The van der Waals surface area contributed by atoms with Gasteiger partial charge in [-0.2, -0.15) is 23.3 Å². The van der Waals surface area contributed by atoms with Gasteiger partial charge in [-0.25, -0.2) is 9.07 Å². The first kappa shape index (κ1) is 19.6. The first-order valence-electron chi connectivity index (χ1n) is 8.86. The second-order valence-corrected chi connectivity index (χ2v) is 6.65. The number of hydrogen-bond acceptors (Lipinski definition) is 4. The molecule has 1 amide bonds. The Morgan fingerprint density at radius 2 is 1.93 bits per heavy atom. The molecule has 2 aromatic carbocycles. The van der Waals surface area contributed by atoms with Gasteiger partial charge in [-0.05, 0) is 31.2 Å². The number of hydrogen-bond donors (Lipinski definition) is 2. The van der Waals surface area contributed by atoms with E-state index in [2.05, 4.69) is 20.7 Å². The highest BCUT2D eigenvalue weighted by atomic mass is 19.4. The quantitative estimate of drug-likeness (QED) is 0.621. The molecule has 1 unspecified atom stereocenters. The topological polar surface area (TPSA) is 71.8 Å². The van der Waals surface area contributed by atoms with Crippen molar-refractivity contribution in [3.05, 3.63) is 83.1 Å². The van der Waals surface area contributed by atoms with Crippen LogP contribution in [0.4, 0.5) is 29.2 Å². The lowest BCUT2D eigenvalue weighted by Crippen LogP contribution is -2.32. The van der Waals surface area contributed by atoms with E-state index in [1.54, 1.807) is 13.0 Å². The predicted molar refractivity (Wildman–Crippen MR) is 101 cm³/mol. The monoisotopic (exact) mass is 417 g/mol. The summed E-state index contributed by atoms with van der Waals surface area (Å²) in [4.78, 5) is 17.1. The standard InChI is InChI=1S/C20H15F4N5O/c1-11-16(18(30)28-13-6-4-5-12(9-13)20(22,23)24)17(14-7-2-3-8-15(14)21)29-19(27-11)25-10-26-29/h2-10,17H,1H3,(H,28,30)(H,25,26,27). The number of alkyl halides is 3. The molecule has 0 aliphatic carbocycles. The van der Waals surface area contributed by atoms with Crippen molar-refractivity contribution in [2.24, 2.45) is 0 Å². The summed E-state index contributed by atoms with van der Waals surface area (Å²) in [5.41, 5.74) is -0.258. The molecular weight excluding hydrogens is 402 g/mol. The fourth-order valence-corrected chi connectivity index (χ4v) is 3.34. The molecule has 10 heteroatoms. The zero-order valence-electron chi connectivity index (χ0n) is 15.5. The number of anilines is 2. The zero-order valence-corrected chi connectivity index (χ0v) is 15.5. The van der Waals surface area contributed by atoms with Gasteiger partial charge in [0.15, 0.2) is 0 Å². The molecule has 2 N–H and O–H groups in total. The highest BCUT2D eigenvalue weighted by Gasteiger charge is 2.35. The van der Waals surface area contributed by atoms with Gasteiger partial charge in [0, 0.05) is 16.9 Å². The van der Waals surface area contributed by atoms with Crippen LogP contribution in [0.15, 0.2) is 66.1 Å². The highest BCUT2D eigenvalue weighted by molar-refractivity contribution is 6.06. The Kier molecular flexibility index (Phi) is 4.76. The van der Waals surface area contributed by atoms with Crippen LogP contribution in [0.2, 0.25) is 0 Å². The number of carbonyl (C=O) groups is 1. The van der Waals surface area contributed by atoms with E-state index in [1.165, 1.54) is 41.3 Å². The summed E-state index contributed by atoms with van der Waals surface area (Å²) in [6.07, 6.45) is -3.29. The van der Waals surface area contributed by atoms with Gasteiger partial charge in [-0.1, -0.05) is 24.3 Å². The number of allylic oxidation sites excluding steroid dienone is 1. The van der Waals surface area contributed by atoms with E-state index in [1.807, 2.05) is 0 Å². The van der Waals surface area contributed by atoms with Crippen LogP contribution in [0.1, 0.15) is 24.1 Å². The Morgan fingerprint density at radius 3 is 2.67 bits per heavy atom. The number of nitrogens with one attached hydrogen (secondary N) is 2. The third-order valence-corrected chi connectivity index (χ3v) is 4.69. The van der Waals surface area contributed by atoms with Gasteiger partial charge in [-0.15, -0.1) is 0 Å². The Morgan fingerprint density at radius 1 is 1.17 bits per heavy atom. The van der Waals surface area contributed by atoms with Gasteiger partial charge in [0.1, 0.15) is 18.2 Å². The van der Waals surface area contributed by atoms with Crippen LogP contribution in [0, 0.1) is 5.82 Å². The Hall–Kier alpha value is -3.69.